The van der Waals surface area contributed by atoms with Crippen LogP contribution in [0.1, 0.15) is 18.4 Å². The van der Waals surface area contributed by atoms with Crippen molar-refractivity contribution in [1.82, 2.24) is 39.2 Å². The fourth-order valence-corrected chi connectivity index (χ4v) is 4.79. The lowest BCUT2D eigenvalue weighted by Gasteiger charge is -2.38. The minimum atomic E-state index is -1.01. The lowest BCUT2D eigenvalue weighted by atomic mass is 9.91. The smallest absolute Gasteiger partial charge is 0.264 e. The largest absolute Gasteiger partial charge is 0.388 e. The molecule has 0 unspecified atom stereocenters. The zero-order valence-corrected chi connectivity index (χ0v) is 20.0. The van der Waals surface area contributed by atoms with Gasteiger partial charge in [-0.1, -0.05) is 17.3 Å². The van der Waals surface area contributed by atoms with Crippen LogP contribution in [-0.2, 0) is 13.1 Å². The Morgan fingerprint density at radius 1 is 1.00 bits per heavy atom. The summed E-state index contributed by atoms with van der Waals surface area (Å²) in [6.45, 7) is 2.22. The van der Waals surface area contributed by atoms with Crippen molar-refractivity contribution in [2.75, 3.05) is 13.1 Å². The molecule has 1 fully saturated rings. The zero-order valence-electron chi connectivity index (χ0n) is 20.0. The first kappa shape index (κ1) is 23.2. The molecule has 3 aromatic heterocycles. The highest BCUT2D eigenvalue weighted by Crippen LogP contribution is 2.25. The number of halogens is 1. The van der Waals surface area contributed by atoms with Gasteiger partial charge in [0.05, 0.1) is 42.1 Å². The van der Waals surface area contributed by atoms with Gasteiger partial charge in [-0.25, -0.2) is 18.7 Å². The van der Waals surface area contributed by atoms with Crippen molar-refractivity contribution in [1.29, 1.82) is 0 Å². The van der Waals surface area contributed by atoms with Crippen LogP contribution in [0.4, 0.5) is 4.39 Å². The lowest BCUT2D eigenvalue weighted by Crippen LogP contribution is -2.47. The third-order valence-corrected chi connectivity index (χ3v) is 6.91. The molecule has 0 amide bonds. The summed E-state index contributed by atoms with van der Waals surface area (Å²) in [5, 5.41) is 23.8. The molecule has 0 radical (unpaired) electrons. The van der Waals surface area contributed by atoms with E-state index in [0.29, 0.717) is 43.5 Å². The molecule has 0 saturated carbocycles. The van der Waals surface area contributed by atoms with E-state index in [-0.39, 0.29) is 17.9 Å². The van der Waals surface area contributed by atoms with Crippen molar-refractivity contribution < 1.29 is 9.50 Å². The Bertz CT molecular complexity index is 1570. The number of nitrogens with zero attached hydrogens (tertiary/aromatic N) is 8. The van der Waals surface area contributed by atoms with Gasteiger partial charge in [-0.05, 0) is 54.8 Å². The second-order valence-corrected chi connectivity index (χ2v) is 9.46. The summed E-state index contributed by atoms with van der Waals surface area (Å²) in [4.78, 5) is 20.0. The summed E-state index contributed by atoms with van der Waals surface area (Å²) in [5.41, 5.74) is 1.85. The van der Waals surface area contributed by atoms with Crippen molar-refractivity contribution in [3.05, 3.63) is 95.2 Å². The highest BCUT2D eigenvalue weighted by Gasteiger charge is 2.33. The van der Waals surface area contributed by atoms with E-state index < -0.39 is 5.60 Å². The normalized spacial score (nSPS) is 15.8. The summed E-state index contributed by atoms with van der Waals surface area (Å²) in [6, 6.07) is 14.0. The maximum absolute atomic E-state index is 13.2. The Morgan fingerprint density at radius 3 is 2.43 bits per heavy atom. The Kier molecular flexibility index (Phi) is 5.85. The monoisotopic (exact) mass is 500 g/mol. The van der Waals surface area contributed by atoms with E-state index >= 15 is 0 Å². The molecule has 0 spiro atoms. The number of hydrogen-bond acceptors (Lipinski definition) is 7. The molecule has 4 heterocycles. The maximum Gasteiger partial charge on any atom is 0.264 e. The average Bonchev–Trinajstić information content (AvgIpc) is 3.60. The van der Waals surface area contributed by atoms with E-state index in [2.05, 4.69) is 25.3 Å². The number of benzene rings is 2. The predicted octanol–water partition coefficient (Wildman–Crippen LogP) is 2.33. The lowest BCUT2D eigenvalue weighted by molar-refractivity contribution is -0.0364. The van der Waals surface area contributed by atoms with Crippen molar-refractivity contribution in [2.45, 2.75) is 31.5 Å². The summed E-state index contributed by atoms with van der Waals surface area (Å²) >= 11 is 0. The van der Waals surface area contributed by atoms with E-state index in [4.69, 9.17) is 0 Å². The van der Waals surface area contributed by atoms with Gasteiger partial charge in [0.1, 0.15) is 17.5 Å². The number of rotatable bonds is 6. The average molecular weight is 501 g/mol. The molecule has 1 saturated heterocycles. The molecule has 1 N–H and O–H groups in total. The Morgan fingerprint density at radius 2 is 1.73 bits per heavy atom. The first-order valence-corrected chi connectivity index (χ1v) is 12.1. The van der Waals surface area contributed by atoms with Gasteiger partial charge in [0.25, 0.3) is 5.56 Å². The summed E-state index contributed by atoms with van der Waals surface area (Å²) in [5.74, 6) is -0.251. The predicted molar refractivity (Wildman–Crippen MR) is 134 cm³/mol. The van der Waals surface area contributed by atoms with Crippen LogP contribution in [0.3, 0.4) is 0 Å². The Hall–Kier alpha value is -4.22. The number of aromatic nitrogens is 7. The topological polar surface area (TPSA) is 107 Å². The van der Waals surface area contributed by atoms with Crippen LogP contribution in [0.5, 0.6) is 0 Å². The van der Waals surface area contributed by atoms with Crippen LogP contribution in [0.15, 0.2) is 78.2 Å². The van der Waals surface area contributed by atoms with Gasteiger partial charge in [-0.3, -0.25) is 14.3 Å². The number of likely N-dealkylation sites (tertiary alicyclic amines) is 1. The van der Waals surface area contributed by atoms with E-state index in [1.165, 1.54) is 29.2 Å². The van der Waals surface area contributed by atoms with Gasteiger partial charge >= 0.3 is 0 Å². The van der Waals surface area contributed by atoms with Crippen LogP contribution in [-0.4, -0.2) is 63.0 Å². The molecule has 1 aliphatic rings. The second kappa shape index (κ2) is 9.34. The molecular weight excluding hydrogens is 475 g/mol. The third-order valence-electron chi connectivity index (χ3n) is 6.91. The third kappa shape index (κ3) is 4.66. The second-order valence-electron chi connectivity index (χ2n) is 9.46. The van der Waals surface area contributed by atoms with E-state index in [1.807, 2.05) is 24.3 Å². The SMILES string of the molecule is O=c1c2cnn(-c3ccc(-n4ccnn4)cc3)c2ncn1CC1(O)CCN(Cc2ccc(F)cc2)CC1. The Balaban J connectivity index is 1.16. The van der Waals surface area contributed by atoms with Crippen LogP contribution in [0, 0.1) is 5.82 Å². The standard InChI is InChI=1S/C26H25FN8O2/c27-20-3-1-19(2-4-20)16-32-12-9-26(37,10-13-32)17-33-18-28-24-23(25(33)36)15-30-35(24)22-7-5-21(6-8-22)34-14-11-29-31-34/h1-8,11,14-15,18,37H,9-10,12-13,16-17H2. The zero-order chi connectivity index (χ0) is 25.4. The molecule has 0 bridgehead atoms. The van der Waals surface area contributed by atoms with Crippen LogP contribution >= 0.6 is 0 Å². The first-order chi connectivity index (χ1) is 18.0. The van der Waals surface area contributed by atoms with Crippen LogP contribution in [0.2, 0.25) is 0 Å². The molecule has 6 rings (SSSR count). The number of aliphatic hydroxyl groups is 1. The van der Waals surface area contributed by atoms with Crippen molar-refractivity contribution in [3.63, 3.8) is 0 Å². The maximum atomic E-state index is 13.2. The van der Waals surface area contributed by atoms with Crippen LogP contribution in [0.25, 0.3) is 22.4 Å². The van der Waals surface area contributed by atoms with Crippen molar-refractivity contribution in [2.24, 2.45) is 0 Å². The number of piperidine rings is 1. The summed E-state index contributed by atoms with van der Waals surface area (Å²) in [6.07, 6.45) is 7.41. The molecule has 0 aliphatic carbocycles. The number of hydrogen-bond donors (Lipinski definition) is 1. The van der Waals surface area contributed by atoms with Gasteiger partial charge in [-0.2, -0.15) is 5.10 Å². The fraction of sp³-hybridized carbons (Fsp3) is 0.269. The fourth-order valence-electron chi connectivity index (χ4n) is 4.79. The first-order valence-electron chi connectivity index (χ1n) is 12.1. The number of fused-ring (bicyclic) bond motifs is 1. The molecule has 2 aromatic carbocycles. The quantitative estimate of drug-likeness (QED) is 0.381. The van der Waals surface area contributed by atoms with Crippen molar-refractivity contribution in [3.8, 4) is 11.4 Å². The molecule has 10 nitrogen and oxygen atoms in total. The van der Waals surface area contributed by atoms with Gasteiger partial charge in [-0.15, -0.1) is 5.10 Å². The molecule has 5 aromatic rings. The minimum Gasteiger partial charge on any atom is -0.388 e. The molecule has 188 valence electrons. The molecule has 0 atom stereocenters. The summed E-state index contributed by atoms with van der Waals surface area (Å²) < 4.78 is 17.9. The van der Waals surface area contributed by atoms with Gasteiger partial charge < -0.3 is 5.11 Å². The molecular formula is C26H25FN8O2. The minimum absolute atomic E-state index is 0.164. The van der Waals surface area contributed by atoms with Gasteiger partial charge in [0, 0.05) is 19.6 Å². The van der Waals surface area contributed by atoms with E-state index in [1.54, 1.807) is 33.9 Å². The summed E-state index contributed by atoms with van der Waals surface area (Å²) in [7, 11) is 0. The molecule has 11 heteroatoms. The Labute approximate surface area is 211 Å². The van der Waals surface area contributed by atoms with Crippen LogP contribution < -0.4 is 5.56 Å². The molecule has 37 heavy (non-hydrogen) atoms. The van der Waals surface area contributed by atoms with Gasteiger partial charge in [0.2, 0.25) is 0 Å². The van der Waals surface area contributed by atoms with E-state index in [9.17, 15) is 14.3 Å². The highest BCUT2D eigenvalue weighted by atomic mass is 19.1. The van der Waals surface area contributed by atoms with Gasteiger partial charge in [0.15, 0.2) is 5.65 Å². The highest BCUT2D eigenvalue weighted by molar-refractivity contribution is 5.75. The molecule has 1 aliphatic heterocycles. The van der Waals surface area contributed by atoms with Crippen molar-refractivity contribution >= 4 is 11.0 Å². The van der Waals surface area contributed by atoms with E-state index in [0.717, 1.165) is 16.9 Å².